The molecule has 6 heteroatoms. The third-order valence-corrected chi connectivity index (χ3v) is 5.68. The van der Waals surface area contributed by atoms with Gasteiger partial charge in [0.1, 0.15) is 0 Å². The fourth-order valence-corrected chi connectivity index (χ4v) is 4.00. The maximum absolute atomic E-state index is 12.6. The van der Waals surface area contributed by atoms with E-state index in [0.29, 0.717) is 4.90 Å². The monoisotopic (exact) mass is 340 g/mol. The van der Waals surface area contributed by atoms with Crippen molar-refractivity contribution in [3.8, 4) is 0 Å². The molecule has 1 saturated heterocycles. The van der Waals surface area contributed by atoms with E-state index in [1.807, 2.05) is 19.1 Å². The Kier molecular flexibility index (Phi) is 7.02. The van der Waals surface area contributed by atoms with E-state index < -0.39 is 10.0 Å². The van der Waals surface area contributed by atoms with Crippen LogP contribution in [0.15, 0.2) is 29.2 Å². The van der Waals surface area contributed by atoms with E-state index in [-0.39, 0.29) is 6.04 Å². The Bertz CT molecular complexity index is 566. The van der Waals surface area contributed by atoms with E-state index in [2.05, 4.69) is 16.5 Å². The van der Waals surface area contributed by atoms with Crippen LogP contribution in [0.2, 0.25) is 0 Å². The molecular formula is C17H28N2O3S. The molecule has 1 aliphatic heterocycles. The predicted molar refractivity (Wildman–Crippen MR) is 92.1 cm³/mol. The Morgan fingerprint density at radius 3 is 2.48 bits per heavy atom. The Morgan fingerprint density at radius 2 is 1.87 bits per heavy atom. The summed E-state index contributed by atoms with van der Waals surface area (Å²) in [5, 5.41) is 0. The molecule has 0 radical (unpaired) electrons. The first kappa shape index (κ1) is 18.4. The highest BCUT2D eigenvalue weighted by atomic mass is 32.2. The SMILES string of the molecule is CCCCC(CN1CCOCC1)NS(=O)(=O)c1ccc(C)cc1. The van der Waals surface area contributed by atoms with Gasteiger partial charge in [-0.15, -0.1) is 0 Å². The average Bonchev–Trinajstić information content (AvgIpc) is 2.54. The Labute approximate surface area is 140 Å². The standard InChI is InChI=1S/C17H28N2O3S/c1-3-4-5-16(14-19-10-12-22-13-11-19)18-23(20,21)17-8-6-15(2)7-9-17/h6-9,16,18H,3-5,10-14H2,1-2H3. The Morgan fingerprint density at radius 1 is 1.22 bits per heavy atom. The van der Waals surface area contributed by atoms with Crippen molar-refractivity contribution in [1.82, 2.24) is 9.62 Å². The van der Waals surface area contributed by atoms with Crippen LogP contribution >= 0.6 is 0 Å². The molecule has 1 unspecified atom stereocenters. The van der Waals surface area contributed by atoms with Crippen LogP contribution < -0.4 is 4.72 Å². The minimum Gasteiger partial charge on any atom is -0.379 e. The smallest absolute Gasteiger partial charge is 0.240 e. The van der Waals surface area contributed by atoms with Crippen molar-refractivity contribution >= 4 is 10.0 Å². The summed E-state index contributed by atoms with van der Waals surface area (Å²) in [7, 11) is -3.47. The molecule has 1 N–H and O–H groups in total. The molecule has 5 nitrogen and oxygen atoms in total. The van der Waals surface area contributed by atoms with Gasteiger partial charge in [0, 0.05) is 25.7 Å². The first-order valence-electron chi connectivity index (χ1n) is 8.40. The molecule has 0 saturated carbocycles. The minimum atomic E-state index is -3.47. The lowest BCUT2D eigenvalue weighted by molar-refractivity contribution is 0.0341. The highest BCUT2D eigenvalue weighted by Crippen LogP contribution is 2.13. The molecule has 0 amide bonds. The molecule has 0 bridgehead atoms. The molecule has 2 rings (SSSR count). The summed E-state index contributed by atoms with van der Waals surface area (Å²) in [5.74, 6) is 0. The molecule has 1 aromatic rings. The van der Waals surface area contributed by atoms with Gasteiger partial charge in [-0.05, 0) is 25.5 Å². The van der Waals surface area contributed by atoms with Gasteiger partial charge in [-0.1, -0.05) is 37.5 Å². The van der Waals surface area contributed by atoms with Crippen LogP contribution in [0.4, 0.5) is 0 Å². The quantitative estimate of drug-likeness (QED) is 0.788. The molecule has 23 heavy (non-hydrogen) atoms. The number of ether oxygens (including phenoxy) is 1. The summed E-state index contributed by atoms with van der Waals surface area (Å²) >= 11 is 0. The molecule has 1 aliphatic rings. The van der Waals surface area contributed by atoms with Crippen molar-refractivity contribution in [2.75, 3.05) is 32.8 Å². The number of rotatable bonds is 8. The van der Waals surface area contributed by atoms with E-state index >= 15 is 0 Å². The predicted octanol–water partition coefficient (Wildman–Crippen LogP) is 2.16. The largest absolute Gasteiger partial charge is 0.379 e. The molecule has 1 heterocycles. The van der Waals surface area contributed by atoms with Crippen LogP contribution in [-0.2, 0) is 14.8 Å². The van der Waals surface area contributed by atoms with Crippen molar-refractivity contribution in [1.29, 1.82) is 0 Å². The fourth-order valence-electron chi connectivity index (χ4n) is 2.74. The van der Waals surface area contributed by atoms with E-state index in [1.165, 1.54) is 0 Å². The van der Waals surface area contributed by atoms with E-state index in [0.717, 1.165) is 57.7 Å². The van der Waals surface area contributed by atoms with Crippen molar-refractivity contribution in [3.05, 3.63) is 29.8 Å². The van der Waals surface area contributed by atoms with Crippen LogP contribution in [0, 0.1) is 6.92 Å². The van der Waals surface area contributed by atoms with Crippen LogP contribution in [0.5, 0.6) is 0 Å². The van der Waals surface area contributed by atoms with E-state index in [9.17, 15) is 8.42 Å². The normalized spacial score (nSPS) is 18.0. The second-order valence-electron chi connectivity index (χ2n) is 6.19. The van der Waals surface area contributed by atoms with Gasteiger partial charge >= 0.3 is 0 Å². The van der Waals surface area contributed by atoms with Gasteiger partial charge in [0.05, 0.1) is 18.1 Å². The summed E-state index contributed by atoms with van der Waals surface area (Å²) in [6.45, 7) is 8.02. The second kappa shape index (κ2) is 8.78. The van der Waals surface area contributed by atoms with Crippen LogP contribution in [0.1, 0.15) is 31.7 Å². The van der Waals surface area contributed by atoms with Crippen molar-refractivity contribution in [2.45, 2.75) is 44.0 Å². The van der Waals surface area contributed by atoms with Gasteiger partial charge < -0.3 is 4.74 Å². The summed E-state index contributed by atoms with van der Waals surface area (Å²) in [5.41, 5.74) is 1.06. The van der Waals surface area contributed by atoms with Crippen LogP contribution in [0.25, 0.3) is 0 Å². The lowest BCUT2D eigenvalue weighted by Crippen LogP contribution is -2.47. The molecule has 0 spiro atoms. The lowest BCUT2D eigenvalue weighted by atomic mass is 10.1. The van der Waals surface area contributed by atoms with Crippen LogP contribution in [0.3, 0.4) is 0 Å². The zero-order chi connectivity index (χ0) is 16.7. The highest BCUT2D eigenvalue weighted by molar-refractivity contribution is 7.89. The summed E-state index contributed by atoms with van der Waals surface area (Å²) in [6.07, 6.45) is 2.94. The third kappa shape index (κ3) is 5.88. The summed E-state index contributed by atoms with van der Waals surface area (Å²) in [6, 6.07) is 6.95. The maximum Gasteiger partial charge on any atom is 0.240 e. The van der Waals surface area contributed by atoms with E-state index in [4.69, 9.17) is 4.74 Å². The maximum atomic E-state index is 12.6. The highest BCUT2D eigenvalue weighted by Gasteiger charge is 2.22. The van der Waals surface area contributed by atoms with Crippen molar-refractivity contribution in [2.24, 2.45) is 0 Å². The number of hydrogen-bond donors (Lipinski definition) is 1. The number of unbranched alkanes of at least 4 members (excludes halogenated alkanes) is 1. The third-order valence-electron chi connectivity index (χ3n) is 4.14. The van der Waals surface area contributed by atoms with Crippen molar-refractivity contribution in [3.63, 3.8) is 0 Å². The second-order valence-corrected chi connectivity index (χ2v) is 7.90. The number of aryl methyl sites for hydroxylation is 1. The summed E-state index contributed by atoms with van der Waals surface area (Å²) in [4.78, 5) is 2.62. The van der Waals surface area contributed by atoms with Gasteiger partial charge in [-0.2, -0.15) is 0 Å². The first-order chi connectivity index (χ1) is 11.0. The molecule has 1 atom stereocenters. The number of nitrogens with one attached hydrogen (secondary N) is 1. The number of sulfonamides is 1. The number of morpholine rings is 1. The Balaban J connectivity index is 2.04. The fraction of sp³-hybridized carbons (Fsp3) is 0.647. The van der Waals surface area contributed by atoms with E-state index in [1.54, 1.807) is 12.1 Å². The number of nitrogens with zero attached hydrogens (tertiary/aromatic N) is 1. The van der Waals surface area contributed by atoms with Gasteiger partial charge in [0.15, 0.2) is 0 Å². The zero-order valence-electron chi connectivity index (χ0n) is 14.1. The minimum absolute atomic E-state index is 0.0562. The van der Waals surface area contributed by atoms with Crippen molar-refractivity contribution < 1.29 is 13.2 Å². The van der Waals surface area contributed by atoms with Gasteiger partial charge in [-0.25, -0.2) is 13.1 Å². The first-order valence-corrected chi connectivity index (χ1v) is 9.88. The average molecular weight is 340 g/mol. The zero-order valence-corrected chi connectivity index (χ0v) is 14.9. The van der Waals surface area contributed by atoms with Gasteiger partial charge in [0.25, 0.3) is 0 Å². The Hall–Kier alpha value is -0.950. The molecule has 130 valence electrons. The lowest BCUT2D eigenvalue weighted by Gasteiger charge is -2.30. The number of hydrogen-bond acceptors (Lipinski definition) is 4. The molecule has 1 fully saturated rings. The molecule has 0 aromatic heterocycles. The van der Waals surface area contributed by atoms with Crippen LogP contribution in [-0.4, -0.2) is 52.2 Å². The topological polar surface area (TPSA) is 58.6 Å². The molecule has 1 aromatic carbocycles. The van der Waals surface area contributed by atoms with Gasteiger partial charge in [-0.3, -0.25) is 4.90 Å². The number of benzene rings is 1. The summed E-state index contributed by atoms with van der Waals surface area (Å²) < 4.78 is 33.5. The molecule has 0 aliphatic carbocycles. The molecular weight excluding hydrogens is 312 g/mol. The van der Waals surface area contributed by atoms with Gasteiger partial charge in [0.2, 0.25) is 10.0 Å².